The van der Waals surface area contributed by atoms with Crippen LogP contribution in [0.25, 0.3) is 0 Å². The number of rotatable bonds is 6. The summed E-state index contributed by atoms with van der Waals surface area (Å²) in [6.07, 6.45) is 4.48. The maximum absolute atomic E-state index is 12.1. The maximum atomic E-state index is 12.1. The molecule has 0 aromatic heterocycles. The number of amides is 1. The summed E-state index contributed by atoms with van der Waals surface area (Å²) >= 11 is 0. The van der Waals surface area contributed by atoms with Crippen molar-refractivity contribution in [1.29, 1.82) is 0 Å². The average Bonchev–Trinajstić information content (AvgIpc) is 2.50. The number of fused-ring (bicyclic) bond motifs is 1. The van der Waals surface area contributed by atoms with E-state index < -0.39 is 18.5 Å². The molecule has 5 nitrogen and oxygen atoms in total. The van der Waals surface area contributed by atoms with E-state index in [1.807, 2.05) is 18.2 Å². The third kappa shape index (κ3) is 4.41. The van der Waals surface area contributed by atoms with Crippen molar-refractivity contribution in [3.63, 3.8) is 0 Å². The molecule has 2 rings (SSSR count). The minimum atomic E-state index is -0.704. The smallest absolute Gasteiger partial charge is 0.306 e. The first kappa shape index (κ1) is 15.2. The highest BCUT2D eigenvalue weighted by Gasteiger charge is 2.14. The molecule has 1 aromatic rings. The van der Waals surface area contributed by atoms with Crippen molar-refractivity contribution >= 4 is 17.7 Å². The van der Waals surface area contributed by atoms with Gasteiger partial charge < -0.3 is 10.5 Å². The van der Waals surface area contributed by atoms with Gasteiger partial charge in [0, 0.05) is 12.0 Å². The molecule has 0 saturated carbocycles. The lowest BCUT2D eigenvalue weighted by Gasteiger charge is -2.16. The largest absolute Gasteiger partial charge is 0.456 e. The summed E-state index contributed by atoms with van der Waals surface area (Å²) in [5, 5.41) is 0. The van der Waals surface area contributed by atoms with Crippen LogP contribution in [-0.2, 0) is 27.2 Å². The number of primary amides is 1. The topological polar surface area (TPSA) is 86.5 Å². The van der Waals surface area contributed by atoms with Gasteiger partial charge in [-0.15, -0.1) is 0 Å². The van der Waals surface area contributed by atoms with Gasteiger partial charge in [-0.3, -0.25) is 14.4 Å². The second-order valence-electron chi connectivity index (χ2n) is 5.24. The van der Waals surface area contributed by atoms with E-state index in [1.165, 1.54) is 17.5 Å². The summed E-state index contributed by atoms with van der Waals surface area (Å²) in [6.45, 7) is -0.439. The second-order valence-corrected chi connectivity index (χ2v) is 5.24. The van der Waals surface area contributed by atoms with Gasteiger partial charge in [0.2, 0.25) is 0 Å². The number of ketones is 1. The predicted octanol–water partition coefficient (Wildman–Crippen LogP) is 1.56. The molecule has 0 spiro atoms. The van der Waals surface area contributed by atoms with Crippen LogP contribution in [0.15, 0.2) is 18.2 Å². The van der Waals surface area contributed by atoms with Gasteiger partial charge in [0.25, 0.3) is 5.91 Å². The Morgan fingerprint density at radius 3 is 2.48 bits per heavy atom. The minimum absolute atomic E-state index is 0.0385. The summed E-state index contributed by atoms with van der Waals surface area (Å²) < 4.78 is 4.61. The first-order valence-electron chi connectivity index (χ1n) is 7.15. The quantitative estimate of drug-likeness (QED) is 0.636. The molecule has 0 fully saturated rings. The second kappa shape index (κ2) is 7.02. The van der Waals surface area contributed by atoms with Crippen molar-refractivity contribution < 1.29 is 19.1 Å². The molecule has 1 aliphatic carbocycles. The zero-order valence-electron chi connectivity index (χ0n) is 11.9. The van der Waals surface area contributed by atoms with Crippen LogP contribution < -0.4 is 5.73 Å². The molecule has 5 heteroatoms. The number of hydrogen-bond acceptors (Lipinski definition) is 4. The molecule has 0 heterocycles. The van der Waals surface area contributed by atoms with E-state index in [1.54, 1.807) is 0 Å². The number of Topliss-reactive ketones (excluding diaryl/α,β-unsaturated/α-hetero) is 1. The van der Waals surface area contributed by atoms with Gasteiger partial charge >= 0.3 is 5.97 Å². The lowest BCUT2D eigenvalue weighted by atomic mass is 9.89. The molecule has 0 radical (unpaired) electrons. The van der Waals surface area contributed by atoms with Crippen LogP contribution in [0.2, 0.25) is 0 Å². The zero-order valence-corrected chi connectivity index (χ0v) is 11.9. The van der Waals surface area contributed by atoms with Crippen molar-refractivity contribution in [3.8, 4) is 0 Å². The van der Waals surface area contributed by atoms with Crippen molar-refractivity contribution in [2.75, 3.05) is 6.61 Å². The lowest BCUT2D eigenvalue weighted by molar-refractivity contribution is -0.147. The highest BCUT2D eigenvalue weighted by Crippen LogP contribution is 2.22. The molecule has 21 heavy (non-hydrogen) atoms. The predicted molar refractivity (Wildman–Crippen MR) is 76.8 cm³/mol. The summed E-state index contributed by atoms with van der Waals surface area (Å²) in [6, 6.07) is 5.76. The van der Waals surface area contributed by atoms with E-state index in [4.69, 9.17) is 5.73 Å². The number of aryl methyl sites for hydroxylation is 2. The van der Waals surface area contributed by atoms with Crippen LogP contribution in [-0.4, -0.2) is 24.3 Å². The van der Waals surface area contributed by atoms with Crippen molar-refractivity contribution in [1.82, 2.24) is 0 Å². The van der Waals surface area contributed by atoms with E-state index in [0.29, 0.717) is 5.56 Å². The van der Waals surface area contributed by atoms with E-state index in [9.17, 15) is 14.4 Å². The fraction of sp³-hybridized carbons (Fsp3) is 0.438. The lowest BCUT2D eigenvalue weighted by Crippen LogP contribution is -2.21. The van der Waals surface area contributed by atoms with Crippen molar-refractivity contribution in [2.45, 2.75) is 38.5 Å². The highest BCUT2D eigenvalue weighted by molar-refractivity contribution is 5.97. The third-order valence-electron chi connectivity index (χ3n) is 3.60. The van der Waals surface area contributed by atoms with Gasteiger partial charge in [-0.1, -0.05) is 12.1 Å². The number of carbonyl (C=O) groups is 3. The fourth-order valence-electron chi connectivity index (χ4n) is 2.49. The first-order valence-corrected chi connectivity index (χ1v) is 7.15. The van der Waals surface area contributed by atoms with Crippen LogP contribution in [0.1, 0.15) is 47.2 Å². The summed E-state index contributed by atoms with van der Waals surface area (Å²) in [5.74, 6) is -1.37. The van der Waals surface area contributed by atoms with Crippen LogP contribution in [0.5, 0.6) is 0 Å². The Labute approximate surface area is 123 Å². The molecule has 112 valence electrons. The molecule has 0 unspecified atom stereocenters. The van der Waals surface area contributed by atoms with Gasteiger partial charge in [0.15, 0.2) is 12.4 Å². The molecule has 2 N–H and O–H groups in total. The van der Waals surface area contributed by atoms with Gasteiger partial charge in [-0.2, -0.15) is 0 Å². The molecule has 0 saturated heterocycles. The number of nitrogens with two attached hydrogens (primary N) is 1. The Hall–Kier alpha value is -2.17. The molecule has 0 bridgehead atoms. The zero-order chi connectivity index (χ0) is 15.2. The van der Waals surface area contributed by atoms with Crippen LogP contribution >= 0.6 is 0 Å². The Kier molecular flexibility index (Phi) is 5.09. The summed E-state index contributed by atoms with van der Waals surface area (Å²) in [4.78, 5) is 33.9. The summed E-state index contributed by atoms with van der Waals surface area (Å²) in [7, 11) is 0. The Morgan fingerprint density at radius 1 is 1.05 bits per heavy atom. The Balaban J connectivity index is 1.88. The highest BCUT2D eigenvalue weighted by atomic mass is 16.5. The molecule has 1 aliphatic rings. The van der Waals surface area contributed by atoms with Crippen LogP contribution in [0.4, 0.5) is 0 Å². The molecular formula is C16H19NO4. The Morgan fingerprint density at radius 2 is 1.76 bits per heavy atom. The minimum Gasteiger partial charge on any atom is -0.456 e. The van der Waals surface area contributed by atoms with Gasteiger partial charge in [-0.05, 0) is 42.9 Å². The monoisotopic (exact) mass is 289 g/mol. The van der Waals surface area contributed by atoms with Crippen molar-refractivity contribution in [2.24, 2.45) is 5.73 Å². The molecular weight excluding hydrogens is 270 g/mol. The normalized spacial score (nSPS) is 13.3. The van der Waals surface area contributed by atoms with E-state index in [-0.39, 0.29) is 18.6 Å². The van der Waals surface area contributed by atoms with E-state index in [2.05, 4.69) is 4.74 Å². The molecule has 1 aromatic carbocycles. The maximum Gasteiger partial charge on any atom is 0.306 e. The fourth-order valence-corrected chi connectivity index (χ4v) is 2.49. The number of ether oxygens (including phenoxy) is 1. The average molecular weight is 289 g/mol. The Bertz CT molecular complexity index is 565. The summed E-state index contributed by atoms with van der Waals surface area (Å²) in [5.41, 5.74) is 8.06. The van der Waals surface area contributed by atoms with Crippen LogP contribution in [0.3, 0.4) is 0 Å². The number of esters is 1. The third-order valence-corrected chi connectivity index (χ3v) is 3.60. The van der Waals surface area contributed by atoms with Crippen molar-refractivity contribution in [3.05, 3.63) is 34.9 Å². The van der Waals surface area contributed by atoms with E-state index in [0.717, 1.165) is 19.3 Å². The molecule has 0 atom stereocenters. The van der Waals surface area contributed by atoms with Gasteiger partial charge in [-0.25, -0.2) is 0 Å². The standard InChI is InChI=1S/C16H19NO4/c17-15(19)10-21-16(20)8-7-14(18)13-6-5-11-3-1-2-4-12(11)9-13/h5-6,9H,1-4,7-8,10H2,(H2,17,19). The number of hydrogen-bond donors (Lipinski definition) is 1. The van der Waals surface area contributed by atoms with E-state index >= 15 is 0 Å². The number of carbonyl (C=O) groups excluding carboxylic acids is 3. The van der Waals surface area contributed by atoms with Gasteiger partial charge in [0.05, 0.1) is 6.42 Å². The SMILES string of the molecule is NC(=O)COC(=O)CCC(=O)c1ccc2c(c1)CCCC2. The number of benzene rings is 1. The van der Waals surface area contributed by atoms with Gasteiger partial charge in [0.1, 0.15) is 0 Å². The molecule has 1 amide bonds. The molecule has 0 aliphatic heterocycles. The van der Waals surface area contributed by atoms with Crippen LogP contribution in [0, 0.1) is 0 Å². The first-order chi connectivity index (χ1) is 10.1.